The van der Waals surface area contributed by atoms with Gasteiger partial charge >= 0.3 is 0 Å². The highest BCUT2D eigenvalue weighted by atomic mass is 16.3. The lowest BCUT2D eigenvalue weighted by Crippen LogP contribution is -1.98. The fourth-order valence-electron chi connectivity index (χ4n) is 2.18. The SMILES string of the molecule is Cc1cc2cccc(-c3ccnc(CN)c3)c2o1. The summed E-state index contributed by atoms with van der Waals surface area (Å²) in [4.78, 5) is 4.21. The summed E-state index contributed by atoms with van der Waals surface area (Å²) < 4.78 is 5.78. The van der Waals surface area contributed by atoms with Gasteiger partial charge in [-0.25, -0.2) is 0 Å². The van der Waals surface area contributed by atoms with Crippen LogP contribution in [0.3, 0.4) is 0 Å². The van der Waals surface area contributed by atoms with Crippen molar-refractivity contribution in [3.63, 3.8) is 0 Å². The monoisotopic (exact) mass is 238 g/mol. The van der Waals surface area contributed by atoms with Crippen LogP contribution >= 0.6 is 0 Å². The van der Waals surface area contributed by atoms with Crippen molar-refractivity contribution in [3.8, 4) is 11.1 Å². The number of nitrogens with zero attached hydrogens (tertiary/aromatic N) is 1. The number of furan rings is 1. The van der Waals surface area contributed by atoms with E-state index < -0.39 is 0 Å². The third kappa shape index (κ3) is 1.79. The smallest absolute Gasteiger partial charge is 0.142 e. The van der Waals surface area contributed by atoms with Crippen LogP contribution in [0.4, 0.5) is 0 Å². The average molecular weight is 238 g/mol. The largest absolute Gasteiger partial charge is 0.461 e. The first-order chi connectivity index (χ1) is 8.78. The third-order valence-corrected chi connectivity index (χ3v) is 3.00. The zero-order chi connectivity index (χ0) is 12.5. The lowest BCUT2D eigenvalue weighted by Gasteiger charge is -2.04. The van der Waals surface area contributed by atoms with Crippen molar-refractivity contribution in [3.05, 3.63) is 54.0 Å². The third-order valence-electron chi connectivity index (χ3n) is 3.00. The van der Waals surface area contributed by atoms with E-state index in [-0.39, 0.29) is 0 Å². The highest BCUT2D eigenvalue weighted by Crippen LogP contribution is 2.30. The molecule has 3 nitrogen and oxygen atoms in total. The highest BCUT2D eigenvalue weighted by Gasteiger charge is 2.08. The number of pyridine rings is 1. The normalized spacial score (nSPS) is 11.0. The number of hydrogen-bond acceptors (Lipinski definition) is 3. The molecular weight excluding hydrogens is 224 g/mol. The fraction of sp³-hybridized carbons (Fsp3) is 0.133. The van der Waals surface area contributed by atoms with Gasteiger partial charge in [-0.05, 0) is 30.7 Å². The zero-order valence-corrected chi connectivity index (χ0v) is 10.2. The van der Waals surface area contributed by atoms with Gasteiger partial charge in [0.1, 0.15) is 11.3 Å². The van der Waals surface area contributed by atoms with Crippen molar-refractivity contribution >= 4 is 11.0 Å². The summed E-state index contributed by atoms with van der Waals surface area (Å²) in [6.07, 6.45) is 1.78. The summed E-state index contributed by atoms with van der Waals surface area (Å²) in [6.45, 7) is 2.41. The Kier molecular flexibility index (Phi) is 2.61. The Bertz CT molecular complexity index is 701. The standard InChI is InChI=1S/C15H14N2O/c1-10-7-12-3-2-4-14(15(12)18-10)11-5-6-17-13(8-11)9-16/h2-8H,9,16H2,1H3. The van der Waals surface area contributed by atoms with Crippen molar-refractivity contribution in [2.45, 2.75) is 13.5 Å². The molecule has 2 aromatic heterocycles. The van der Waals surface area contributed by atoms with Gasteiger partial charge in [-0.2, -0.15) is 0 Å². The van der Waals surface area contributed by atoms with Gasteiger partial charge < -0.3 is 10.2 Å². The first-order valence-electron chi connectivity index (χ1n) is 5.92. The van der Waals surface area contributed by atoms with Crippen molar-refractivity contribution in [2.75, 3.05) is 0 Å². The molecule has 0 radical (unpaired) electrons. The summed E-state index contributed by atoms with van der Waals surface area (Å²) in [5.41, 5.74) is 9.60. The van der Waals surface area contributed by atoms with Crippen LogP contribution in [-0.4, -0.2) is 4.98 Å². The second kappa shape index (κ2) is 4.27. The highest BCUT2D eigenvalue weighted by molar-refractivity contribution is 5.92. The van der Waals surface area contributed by atoms with E-state index in [4.69, 9.17) is 10.2 Å². The molecule has 3 rings (SSSR count). The van der Waals surface area contributed by atoms with E-state index >= 15 is 0 Å². The second-order valence-corrected chi connectivity index (χ2v) is 4.32. The predicted molar refractivity (Wildman–Crippen MR) is 72.1 cm³/mol. The number of benzene rings is 1. The Hall–Kier alpha value is -2.13. The maximum atomic E-state index is 5.78. The number of hydrogen-bond donors (Lipinski definition) is 1. The molecule has 0 saturated heterocycles. The molecule has 0 bridgehead atoms. The van der Waals surface area contributed by atoms with Crippen LogP contribution in [-0.2, 0) is 6.54 Å². The molecular formula is C15H14N2O. The molecule has 2 N–H and O–H groups in total. The van der Waals surface area contributed by atoms with E-state index in [0.29, 0.717) is 6.54 Å². The topological polar surface area (TPSA) is 52.0 Å². The van der Waals surface area contributed by atoms with E-state index in [0.717, 1.165) is 33.6 Å². The molecule has 0 spiro atoms. The summed E-state index contributed by atoms with van der Waals surface area (Å²) in [7, 11) is 0. The summed E-state index contributed by atoms with van der Waals surface area (Å²) in [5.74, 6) is 0.922. The van der Waals surface area contributed by atoms with Gasteiger partial charge in [-0.1, -0.05) is 18.2 Å². The summed E-state index contributed by atoms with van der Waals surface area (Å²) in [6, 6.07) is 12.2. The van der Waals surface area contributed by atoms with Crippen molar-refractivity contribution in [1.29, 1.82) is 0 Å². The van der Waals surface area contributed by atoms with Crippen molar-refractivity contribution in [2.24, 2.45) is 5.73 Å². The number of aromatic nitrogens is 1. The lowest BCUT2D eigenvalue weighted by molar-refractivity contribution is 0.579. The Balaban J connectivity index is 2.24. The van der Waals surface area contributed by atoms with Gasteiger partial charge in [0.2, 0.25) is 0 Å². The van der Waals surface area contributed by atoms with Gasteiger partial charge in [0.25, 0.3) is 0 Å². The lowest BCUT2D eigenvalue weighted by atomic mass is 10.0. The van der Waals surface area contributed by atoms with Crippen LogP contribution < -0.4 is 5.73 Å². The Labute approximate surface area is 105 Å². The zero-order valence-electron chi connectivity index (χ0n) is 10.2. The molecule has 90 valence electrons. The number of nitrogens with two attached hydrogens (primary N) is 1. The van der Waals surface area contributed by atoms with Crippen LogP contribution in [0, 0.1) is 6.92 Å². The van der Waals surface area contributed by atoms with E-state index in [1.54, 1.807) is 6.20 Å². The predicted octanol–water partition coefficient (Wildman–Crippen LogP) is 3.26. The average Bonchev–Trinajstić information content (AvgIpc) is 2.78. The molecule has 0 saturated carbocycles. The number of aryl methyl sites for hydroxylation is 1. The molecule has 0 aliphatic carbocycles. The van der Waals surface area contributed by atoms with E-state index in [1.165, 1.54) is 0 Å². The maximum Gasteiger partial charge on any atom is 0.142 e. The molecule has 18 heavy (non-hydrogen) atoms. The van der Waals surface area contributed by atoms with E-state index in [2.05, 4.69) is 17.1 Å². The van der Waals surface area contributed by atoms with Crippen molar-refractivity contribution < 1.29 is 4.42 Å². The molecule has 0 aliphatic rings. The number of para-hydroxylation sites is 1. The Morgan fingerprint density at radius 3 is 2.94 bits per heavy atom. The fourth-order valence-corrected chi connectivity index (χ4v) is 2.18. The molecule has 3 heteroatoms. The molecule has 0 fully saturated rings. The van der Waals surface area contributed by atoms with Crippen LogP contribution in [0.5, 0.6) is 0 Å². The summed E-state index contributed by atoms with van der Waals surface area (Å²) >= 11 is 0. The quantitative estimate of drug-likeness (QED) is 0.745. The van der Waals surface area contributed by atoms with E-state index in [1.807, 2.05) is 31.2 Å². The Morgan fingerprint density at radius 1 is 1.22 bits per heavy atom. The molecule has 0 atom stereocenters. The van der Waals surface area contributed by atoms with Gasteiger partial charge in [-0.15, -0.1) is 0 Å². The van der Waals surface area contributed by atoms with Gasteiger partial charge in [0.05, 0.1) is 5.69 Å². The van der Waals surface area contributed by atoms with Crippen LogP contribution in [0.15, 0.2) is 47.0 Å². The number of fused-ring (bicyclic) bond motifs is 1. The summed E-state index contributed by atoms with van der Waals surface area (Å²) in [5, 5.41) is 1.12. The molecule has 2 heterocycles. The first kappa shape index (κ1) is 11.0. The molecule has 0 amide bonds. The van der Waals surface area contributed by atoms with Gasteiger partial charge in [-0.3, -0.25) is 4.98 Å². The van der Waals surface area contributed by atoms with Crippen LogP contribution in [0.25, 0.3) is 22.1 Å². The van der Waals surface area contributed by atoms with Gasteiger partial charge in [0.15, 0.2) is 0 Å². The molecule has 3 aromatic rings. The second-order valence-electron chi connectivity index (χ2n) is 4.32. The van der Waals surface area contributed by atoms with Crippen molar-refractivity contribution in [1.82, 2.24) is 4.98 Å². The Morgan fingerprint density at radius 2 is 2.11 bits per heavy atom. The molecule has 0 unspecified atom stereocenters. The van der Waals surface area contributed by atoms with Crippen LogP contribution in [0.1, 0.15) is 11.5 Å². The molecule has 1 aromatic carbocycles. The first-order valence-corrected chi connectivity index (χ1v) is 5.92. The number of rotatable bonds is 2. The molecule has 0 aliphatic heterocycles. The minimum absolute atomic E-state index is 0.445. The van der Waals surface area contributed by atoms with Crippen LogP contribution in [0.2, 0.25) is 0 Å². The minimum Gasteiger partial charge on any atom is -0.461 e. The van der Waals surface area contributed by atoms with Gasteiger partial charge in [0, 0.05) is 23.7 Å². The minimum atomic E-state index is 0.445. The maximum absolute atomic E-state index is 5.78. The van der Waals surface area contributed by atoms with E-state index in [9.17, 15) is 0 Å².